The molecule has 1 aromatic heterocycles. The van der Waals surface area contributed by atoms with Gasteiger partial charge in [-0.25, -0.2) is 4.98 Å². The topological polar surface area (TPSA) is 42.4 Å². The zero-order valence-corrected chi connectivity index (χ0v) is 14.9. The number of ether oxygens (including phenoxy) is 1. The van der Waals surface area contributed by atoms with Crippen molar-refractivity contribution in [2.24, 2.45) is 0 Å². The molecule has 1 atom stereocenters. The lowest BCUT2D eigenvalue weighted by atomic mass is 10.1. The van der Waals surface area contributed by atoms with Crippen molar-refractivity contribution in [1.29, 1.82) is 0 Å². The van der Waals surface area contributed by atoms with E-state index in [1.54, 1.807) is 0 Å². The summed E-state index contributed by atoms with van der Waals surface area (Å²) >= 11 is 0. The van der Waals surface area contributed by atoms with Crippen LogP contribution < -0.4 is 4.74 Å². The summed E-state index contributed by atoms with van der Waals surface area (Å²) in [6.45, 7) is 0.414. The maximum Gasteiger partial charge on any atom is 0.416 e. The van der Waals surface area contributed by atoms with Gasteiger partial charge in [0.05, 0.1) is 24.1 Å². The van der Waals surface area contributed by atoms with Gasteiger partial charge in [0.15, 0.2) is 0 Å². The van der Waals surface area contributed by atoms with E-state index in [1.165, 1.54) is 17.0 Å². The minimum atomic E-state index is -4.52. The molecule has 1 unspecified atom stereocenters. The van der Waals surface area contributed by atoms with Gasteiger partial charge in [0.2, 0.25) is 11.8 Å². The first-order chi connectivity index (χ1) is 13.5. The molecule has 3 rings (SSSR count). The molecule has 4 nitrogen and oxygen atoms in total. The molecular formula is C19H16F6N2O2. The summed E-state index contributed by atoms with van der Waals surface area (Å²) in [6, 6.07) is 6.13. The number of hydrogen-bond acceptors (Lipinski definition) is 3. The number of nitrogens with zero attached hydrogens (tertiary/aromatic N) is 2. The van der Waals surface area contributed by atoms with E-state index in [0.717, 1.165) is 30.5 Å². The van der Waals surface area contributed by atoms with Gasteiger partial charge in [-0.15, -0.1) is 0 Å². The van der Waals surface area contributed by atoms with Gasteiger partial charge in [0.1, 0.15) is 6.10 Å². The van der Waals surface area contributed by atoms with Crippen LogP contribution in [0.3, 0.4) is 0 Å². The van der Waals surface area contributed by atoms with Crippen LogP contribution in [0.25, 0.3) is 0 Å². The Morgan fingerprint density at radius 1 is 1.07 bits per heavy atom. The maximum atomic E-state index is 12.8. The number of hydrogen-bond donors (Lipinski definition) is 0. The highest BCUT2D eigenvalue weighted by Crippen LogP contribution is 2.31. The normalized spacial score (nSPS) is 17.4. The summed E-state index contributed by atoms with van der Waals surface area (Å²) in [5, 5.41) is 0. The molecule has 2 heterocycles. The Labute approximate surface area is 162 Å². The Balaban J connectivity index is 1.59. The van der Waals surface area contributed by atoms with Gasteiger partial charge in [0.25, 0.3) is 0 Å². The summed E-state index contributed by atoms with van der Waals surface area (Å²) in [7, 11) is 0. The van der Waals surface area contributed by atoms with Gasteiger partial charge in [-0.05, 0) is 17.7 Å². The Morgan fingerprint density at radius 2 is 1.76 bits per heavy atom. The number of likely N-dealkylation sites (tertiary alicyclic amines) is 1. The van der Waals surface area contributed by atoms with Crippen LogP contribution in [0.2, 0.25) is 0 Å². The third-order valence-electron chi connectivity index (χ3n) is 4.46. The maximum absolute atomic E-state index is 12.8. The molecule has 1 fully saturated rings. The molecule has 0 N–H and O–H groups in total. The molecule has 1 saturated heterocycles. The van der Waals surface area contributed by atoms with E-state index >= 15 is 0 Å². The quantitative estimate of drug-likeness (QED) is 0.694. The summed E-state index contributed by atoms with van der Waals surface area (Å²) in [6.07, 6.45) is -8.40. The van der Waals surface area contributed by atoms with Crippen molar-refractivity contribution in [3.63, 3.8) is 0 Å². The molecular weight excluding hydrogens is 402 g/mol. The van der Waals surface area contributed by atoms with Crippen LogP contribution >= 0.6 is 0 Å². The minimum absolute atomic E-state index is 0.121. The van der Waals surface area contributed by atoms with Crippen molar-refractivity contribution in [2.75, 3.05) is 13.1 Å². The smallest absolute Gasteiger partial charge is 0.416 e. The highest BCUT2D eigenvalue weighted by Gasteiger charge is 2.33. The summed E-state index contributed by atoms with van der Waals surface area (Å²) < 4.78 is 82.0. The van der Waals surface area contributed by atoms with Crippen LogP contribution in [0.4, 0.5) is 26.3 Å². The minimum Gasteiger partial charge on any atom is -0.472 e. The lowest BCUT2D eigenvalue weighted by molar-refractivity contribution is -0.138. The van der Waals surface area contributed by atoms with Crippen LogP contribution in [0, 0.1) is 0 Å². The van der Waals surface area contributed by atoms with E-state index in [-0.39, 0.29) is 30.3 Å². The Hall–Kier alpha value is -2.78. The first kappa shape index (κ1) is 20.9. The Morgan fingerprint density at radius 3 is 2.45 bits per heavy atom. The van der Waals surface area contributed by atoms with Crippen molar-refractivity contribution in [3.05, 3.63) is 59.3 Å². The van der Waals surface area contributed by atoms with Crippen molar-refractivity contribution in [3.8, 4) is 5.88 Å². The van der Waals surface area contributed by atoms with E-state index in [9.17, 15) is 31.1 Å². The molecule has 0 saturated carbocycles. The summed E-state index contributed by atoms with van der Waals surface area (Å²) in [5.74, 6) is -0.579. The zero-order chi connectivity index (χ0) is 21.2. The van der Waals surface area contributed by atoms with Crippen molar-refractivity contribution >= 4 is 5.91 Å². The molecule has 29 heavy (non-hydrogen) atoms. The standard InChI is InChI=1S/C19H16F6N2O2/c20-18(21,22)13-3-1-2-12(8-13)9-17(28)27-7-5-15(11-27)29-16-10-14(4-6-26-16)19(23,24)25/h1-4,6,8,10,15H,5,7,9,11H2. The van der Waals surface area contributed by atoms with Gasteiger partial charge in [-0.1, -0.05) is 18.2 Å². The highest BCUT2D eigenvalue weighted by molar-refractivity contribution is 5.79. The number of halogens is 6. The van der Waals surface area contributed by atoms with Crippen LogP contribution in [-0.2, 0) is 23.6 Å². The van der Waals surface area contributed by atoms with E-state index in [1.807, 2.05) is 0 Å². The van der Waals surface area contributed by atoms with Crippen molar-refractivity contribution in [2.45, 2.75) is 31.3 Å². The second kappa shape index (κ2) is 7.92. The van der Waals surface area contributed by atoms with Crippen LogP contribution in [0.15, 0.2) is 42.6 Å². The third kappa shape index (κ3) is 5.39. The number of carbonyl (C=O) groups is 1. The molecule has 2 aromatic rings. The molecule has 156 valence electrons. The molecule has 10 heteroatoms. The number of amides is 1. The molecule has 0 aliphatic carbocycles. The molecule has 1 aliphatic rings. The first-order valence-corrected chi connectivity index (χ1v) is 8.66. The fourth-order valence-corrected chi connectivity index (χ4v) is 3.02. The molecule has 1 aliphatic heterocycles. The van der Waals surface area contributed by atoms with Crippen LogP contribution in [0.5, 0.6) is 5.88 Å². The van der Waals surface area contributed by atoms with Gasteiger partial charge in [-0.2, -0.15) is 26.3 Å². The Kier molecular flexibility index (Phi) is 5.72. The zero-order valence-electron chi connectivity index (χ0n) is 14.9. The van der Waals surface area contributed by atoms with Crippen molar-refractivity contribution in [1.82, 2.24) is 9.88 Å². The van der Waals surface area contributed by atoms with Crippen LogP contribution in [0.1, 0.15) is 23.1 Å². The monoisotopic (exact) mass is 418 g/mol. The summed E-state index contributed by atoms with van der Waals surface area (Å²) in [5.41, 5.74) is -1.49. The second-order valence-corrected chi connectivity index (χ2v) is 6.62. The predicted octanol–water partition coefficient (Wildman–Crippen LogP) is 4.34. The van der Waals surface area contributed by atoms with Crippen molar-refractivity contribution < 1.29 is 35.9 Å². The number of carbonyl (C=O) groups excluding carboxylic acids is 1. The van der Waals surface area contributed by atoms with E-state index < -0.39 is 29.6 Å². The summed E-state index contributed by atoms with van der Waals surface area (Å²) in [4.78, 5) is 17.6. The SMILES string of the molecule is O=C(Cc1cccc(C(F)(F)F)c1)N1CCC(Oc2cc(C(F)(F)F)ccn2)C1. The van der Waals surface area contributed by atoms with Gasteiger partial charge >= 0.3 is 12.4 Å². The first-order valence-electron chi connectivity index (χ1n) is 8.66. The van der Waals surface area contributed by atoms with E-state index in [0.29, 0.717) is 13.0 Å². The lowest BCUT2D eigenvalue weighted by Crippen LogP contribution is -2.32. The molecule has 0 radical (unpaired) electrons. The second-order valence-electron chi connectivity index (χ2n) is 6.62. The number of alkyl halides is 6. The van der Waals surface area contributed by atoms with E-state index in [4.69, 9.17) is 4.74 Å². The average Bonchev–Trinajstić information content (AvgIpc) is 3.09. The van der Waals surface area contributed by atoms with E-state index in [2.05, 4.69) is 4.98 Å². The fraction of sp³-hybridized carbons (Fsp3) is 0.368. The average molecular weight is 418 g/mol. The van der Waals surface area contributed by atoms with Gasteiger partial charge < -0.3 is 9.64 Å². The third-order valence-corrected chi connectivity index (χ3v) is 4.46. The van der Waals surface area contributed by atoms with Crippen LogP contribution in [-0.4, -0.2) is 35.0 Å². The number of rotatable bonds is 4. The fourth-order valence-electron chi connectivity index (χ4n) is 3.02. The Bertz CT molecular complexity index is 881. The molecule has 0 spiro atoms. The molecule has 1 amide bonds. The molecule has 1 aromatic carbocycles. The predicted molar refractivity (Wildman–Crippen MR) is 90.0 cm³/mol. The number of benzene rings is 1. The largest absolute Gasteiger partial charge is 0.472 e. The molecule has 0 bridgehead atoms. The lowest BCUT2D eigenvalue weighted by Gasteiger charge is -2.18. The van der Waals surface area contributed by atoms with Gasteiger partial charge in [-0.3, -0.25) is 4.79 Å². The highest BCUT2D eigenvalue weighted by atomic mass is 19.4. The number of pyridine rings is 1. The van der Waals surface area contributed by atoms with Gasteiger partial charge in [0, 0.05) is 25.2 Å². The number of aromatic nitrogens is 1.